The lowest BCUT2D eigenvalue weighted by Gasteiger charge is -2.19. The molecular formula is C32H25F4N5O4. The standard InChI is InChI=1S/C32H25F4N5O4/c1-4-7-18-8-6-9-19-15-37-16-26(28(18)19)41-31(42)39-30(38-29-25(36)12-21(44-3)13-27(29)45-10-5-2)40(32(41)43)17-20-11-23(34)24(35)14-22(20)33/h4-6,8-9,11-16H,1-2,7,10,17H2,3H3,(H,38,39,42). The van der Waals surface area contributed by atoms with Gasteiger partial charge >= 0.3 is 11.4 Å². The third-order valence-corrected chi connectivity index (χ3v) is 6.80. The highest BCUT2D eigenvalue weighted by Gasteiger charge is 2.22. The Morgan fingerprint density at radius 3 is 2.44 bits per heavy atom. The van der Waals surface area contributed by atoms with E-state index in [9.17, 15) is 22.8 Å². The number of fused-ring (bicyclic) bond motifs is 1. The molecule has 0 aliphatic carbocycles. The third kappa shape index (κ3) is 6.05. The van der Waals surface area contributed by atoms with Crippen LogP contribution in [0.3, 0.4) is 0 Å². The average molecular weight is 620 g/mol. The summed E-state index contributed by atoms with van der Waals surface area (Å²) in [4.78, 5) is 35.9. The first kappa shape index (κ1) is 30.7. The molecule has 5 rings (SSSR count). The van der Waals surface area contributed by atoms with Crippen LogP contribution in [0.25, 0.3) is 16.5 Å². The predicted molar refractivity (Wildman–Crippen MR) is 161 cm³/mol. The summed E-state index contributed by atoms with van der Waals surface area (Å²) >= 11 is 0. The Hall–Kier alpha value is -5.72. The van der Waals surface area contributed by atoms with E-state index in [0.717, 1.165) is 16.2 Å². The van der Waals surface area contributed by atoms with Gasteiger partial charge in [0.25, 0.3) is 0 Å². The molecule has 0 atom stereocenters. The largest absolute Gasteiger partial charge is 0.497 e. The van der Waals surface area contributed by atoms with E-state index in [4.69, 9.17) is 9.47 Å². The lowest BCUT2D eigenvalue weighted by Crippen LogP contribution is -2.42. The van der Waals surface area contributed by atoms with Gasteiger partial charge in [0.1, 0.15) is 29.6 Å². The van der Waals surface area contributed by atoms with Crippen molar-refractivity contribution in [1.29, 1.82) is 0 Å². The number of ether oxygens (including phenoxy) is 2. The van der Waals surface area contributed by atoms with Crippen LogP contribution in [0.2, 0.25) is 0 Å². The normalized spacial score (nSPS) is 11.0. The lowest BCUT2D eigenvalue weighted by molar-refractivity contribution is 0.355. The molecule has 0 amide bonds. The first-order valence-electron chi connectivity index (χ1n) is 13.4. The van der Waals surface area contributed by atoms with E-state index in [2.05, 4.69) is 28.4 Å². The van der Waals surface area contributed by atoms with Crippen LogP contribution in [0, 0.1) is 23.3 Å². The molecule has 45 heavy (non-hydrogen) atoms. The van der Waals surface area contributed by atoms with Crippen molar-refractivity contribution >= 4 is 22.4 Å². The molecule has 0 saturated heterocycles. The van der Waals surface area contributed by atoms with Gasteiger partial charge in [-0.25, -0.2) is 31.7 Å². The Bertz CT molecular complexity index is 2070. The number of anilines is 2. The second-order valence-corrected chi connectivity index (χ2v) is 9.65. The zero-order valence-electron chi connectivity index (χ0n) is 23.8. The molecule has 5 aromatic rings. The summed E-state index contributed by atoms with van der Waals surface area (Å²) in [5, 5.41) is 3.69. The fourth-order valence-corrected chi connectivity index (χ4v) is 4.75. The van der Waals surface area contributed by atoms with Gasteiger partial charge < -0.3 is 14.8 Å². The van der Waals surface area contributed by atoms with Crippen molar-refractivity contribution in [2.45, 2.75) is 13.0 Å². The molecule has 0 bridgehead atoms. The zero-order valence-corrected chi connectivity index (χ0v) is 23.8. The van der Waals surface area contributed by atoms with E-state index in [1.807, 2.05) is 0 Å². The van der Waals surface area contributed by atoms with Gasteiger partial charge in [0.2, 0.25) is 5.95 Å². The Balaban J connectivity index is 1.78. The summed E-state index contributed by atoms with van der Waals surface area (Å²) in [5.74, 6) is -5.43. The molecule has 2 heterocycles. The monoisotopic (exact) mass is 619 g/mol. The van der Waals surface area contributed by atoms with Gasteiger partial charge in [-0.05, 0) is 18.1 Å². The van der Waals surface area contributed by atoms with Gasteiger partial charge in [0.15, 0.2) is 17.5 Å². The topological polar surface area (TPSA) is 100 Å². The number of nitrogens with zero attached hydrogens (tertiary/aromatic N) is 4. The molecule has 230 valence electrons. The summed E-state index contributed by atoms with van der Waals surface area (Å²) in [7, 11) is 1.32. The SMILES string of the molecule is C=CCOc1cc(OC)cc(F)c1Nc1nc(=O)n(-c2cncc3cccc(CC=C)c23)c(=O)n1Cc1cc(F)c(F)cc1F. The van der Waals surface area contributed by atoms with Crippen LogP contribution < -0.4 is 26.2 Å². The molecule has 9 nitrogen and oxygen atoms in total. The molecule has 2 aromatic heterocycles. The van der Waals surface area contributed by atoms with Crippen LogP contribution in [-0.4, -0.2) is 32.8 Å². The van der Waals surface area contributed by atoms with Crippen molar-refractivity contribution < 1.29 is 27.0 Å². The van der Waals surface area contributed by atoms with Crippen molar-refractivity contribution in [2.75, 3.05) is 19.0 Å². The Morgan fingerprint density at radius 2 is 1.71 bits per heavy atom. The summed E-state index contributed by atoms with van der Waals surface area (Å²) in [6, 6.07) is 8.56. The van der Waals surface area contributed by atoms with Crippen LogP contribution in [0.4, 0.5) is 29.2 Å². The maximum atomic E-state index is 15.4. The van der Waals surface area contributed by atoms with Crippen LogP contribution >= 0.6 is 0 Å². The first-order chi connectivity index (χ1) is 21.7. The summed E-state index contributed by atoms with van der Waals surface area (Å²) < 4.78 is 70.3. The molecule has 0 radical (unpaired) electrons. The van der Waals surface area contributed by atoms with Gasteiger partial charge in [-0.15, -0.1) is 6.58 Å². The molecular weight excluding hydrogens is 594 g/mol. The Morgan fingerprint density at radius 1 is 0.933 bits per heavy atom. The van der Waals surface area contributed by atoms with Crippen LogP contribution in [0.1, 0.15) is 11.1 Å². The highest BCUT2D eigenvalue weighted by molar-refractivity contribution is 5.92. The summed E-state index contributed by atoms with van der Waals surface area (Å²) in [6.45, 7) is 6.53. The quantitative estimate of drug-likeness (QED) is 0.117. The van der Waals surface area contributed by atoms with E-state index >= 15 is 4.39 Å². The number of methoxy groups -OCH3 is 1. The van der Waals surface area contributed by atoms with Crippen LogP contribution in [0.5, 0.6) is 11.5 Å². The van der Waals surface area contributed by atoms with E-state index in [1.54, 1.807) is 30.5 Å². The third-order valence-electron chi connectivity index (χ3n) is 6.80. The highest BCUT2D eigenvalue weighted by atomic mass is 19.2. The molecule has 0 aliphatic heterocycles. The van der Waals surface area contributed by atoms with Crippen molar-refractivity contribution in [1.82, 2.24) is 19.1 Å². The number of hydrogen-bond acceptors (Lipinski definition) is 7. The number of rotatable bonds is 11. The van der Waals surface area contributed by atoms with E-state index in [-0.39, 0.29) is 29.5 Å². The van der Waals surface area contributed by atoms with E-state index in [0.29, 0.717) is 33.9 Å². The smallest absolute Gasteiger partial charge is 0.359 e. The Kier molecular flexibility index (Phi) is 8.79. The minimum absolute atomic E-state index is 0.0513. The van der Waals surface area contributed by atoms with Crippen LogP contribution in [-0.2, 0) is 13.0 Å². The van der Waals surface area contributed by atoms with Crippen molar-refractivity contribution in [3.05, 3.63) is 136 Å². The molecule has 0 spiro atoms. The van der Waals surface area contributed by atoms with Gasteiger partial charge in [0.05, 0.1) is 25.5 Å². The number of benzene rings is 3. The Labute approximate surface area is 253 Å². The molecule has 0 unspecified atom stereocenters. The fourth-order valence-electron chi connectivity index (χ4n) is 4.75. The van der Waals surface area contributed by atoms with Gasteiger partial charge in [-0.3, -0.25) is 9.55 Å². The summed E-state index contributed by atoms with van der Waals surface area (Å²) in [6.07, 6.45) is 6.27. The van der Waals surface area contributed by atoms with E-state index < -0.39 is 52.7 Å². The maximum Gasteiger partial charge on any atom is 0.359 e. The van der Waals surface area contributed by atoms with Crippen molar-refractivity contribution in [2.24, 2.45) is 0 Å². The predicted octanol–water partition coefficient (Wildman–Crippen LogP) is 5.59. The van der Waals surface area contributed by atoms with Crippen molar-refractivity contribution in [3.63, 3.8) is 0 Å². The number of nitrogens with one attached hydrogen (secondary N) is 1. The average Bonchev–Trinajstić information content (AvgIpc) is 3.01. The number of pyridine rings is 1. The van der Waals surface area contributed by atoms with E-state index in [1.165, 1.54) is 25.4 Å². The minimum Gasteiger partial charge on any atom is -0.497 e. The number of allylic oxidation sites excluding steroid dienone is 1. The van der Waals surface area contributed by atoms with Crippen molar-refractivity contribution in [3.8, 4) is 17.2 Å². The fraction of sp³-hybridized carbons (Fsp3) is 0.125. The molecule has 13 heteroatoms. The van der Waals surface area contributed by atoms with Gasteiger partial charge in [0, 0.05) is 40.7 Å². The molecule has 0 aliphatic rings. The molecule has 1 N–H and O–H groups in total. The van der Waals surface area contributed by atoms with Gasteiger partial charge in [-0.2, -0.15) is 4.98 Å². The second kappa shape index (κ2) is 12.9. The zero-order chi connectivity index (χ0) is 32.2. The second-order valence-electron chi connectivity index (χ2n) is 9.65. The molecule has 0 saturated carbocycles. The maximum absolute atomic E-state index is 15.4. The molecule has 0 fully saturated rings. The van der Waals surface area contributed by atoms with Gasteiger partial charge in [-0.1, -0.05) is 36.9 Å². The minimum atomic E-state index is -1.44. The highest BCUT2D eigenvalue weighted by Crippen LogP contribution is 2.34. The lowest BCUT2D eigenvalue weighted by atomic mass is 10.0. The van der Waals surface area contributed by atoms with Crippen LogP contribution in [0.15, 0.2) is 89.8 Å². The number of aromatic nitrogens is 4. The first-order valence-corrected chi connectivity index (χ1v) is 13.4. The molecule has 3 aromatic carbocycles. The number of hydrogen-bond donors (Lipinski definition) is 1. The number of halogens is 4. The summed E-state index contributed by atoms with van der Waals surface area (Å²) in [5.41, 5.74) is -2.17.